The molecule has 1 saturated heterocycles. The number of hydrogen-bond acceptors (Lipinski definition) is 2. The van der Waals surface area contributed by atoms with Crippen LogP contribution in [-0.2, 0) is 0 Å². The highest BCUT2D eigenvalue weighted by atomic mass is 31.1. The van der Waals surface area contributed by atoms with E-state index in [1.54, 1.807) is 15.9 Å². The predicted molar refractivity (Wildman–Crippen MR) is 124 cm³/mol. The van der Waals surface area contributed by atoms with Gasteiger partial charge in [-0.05, 0) is 43.2 Å². The minimum Gasteiger partial charge on any atom is -0.305 e. The molecule has 2 heterocycles. The molecule has 150 valence electrons. The highest BCUT2D eigenvalue weighted by molar-refractivity contribution is 7.73. The Hall–Kier alpha value is -1.96. The van der Waals surface area contributed by atoms with Gasteiger partial charge in [0.05, 0.1) is 37.9 Å². The Morgan fingerprint density at radius 2 is 1.52 bits per heavy atom. The quantitative estimate of drug-likeness (QED) is 0.736. The summed E-state index contributed by atoms with van der Waals surface area (Å²) >= 11 is 0. The number of likely N-dealkylation sites (tertiary alicyclic amines) is 1. The van der Waals surface area contributed by atoms with Gasteiger partial charge >= 0.3 is 0 Å². The van der Waals surface area contributed by atoms with E-state index < -0.39 is 8.07 Å². The molecule has 3 aliphatic rings. The first-order valence-electron chi connectivity index (χ1n) is 11.0. The molecule has 2 aromatic carbocycles. The van der Waals surface area contributed by atoms with Crippen molar-refractivity contribution in [1.82, 2.24) is 0 Å². The van der Waals surface area contributed by atoms with E-state index in [-0.39, 0.29) is 5.41 Å². The third kappa shape index (κ3) is 3.67. The van der Waals surface area contributed by atoms with Gasteiger partial charge in [0.25, 0.3) is 0 Å². The van der Waals surface area contributed by atoms with Crippen LogP contribution in [0.2, 0.25) is 0 Å². The maximum atomic E-state index is 5.29. The normalized spacial score (nSPS) is 24.4. The number of rotatable bonds is 3. The van der Waals surface area contributed by atoms with Crippen LogP contribution in [0.4, 0.5) is 5.69 Å². The summed E-state index contributed by atoms with van der Waals surface area (Å²) in [5, 5.41) is 8.27. The van der Waals surface area contributed by atoms with Gasteiger partial charge in [-0.15, -0.1) is 0 Å². The molecule has 1 aliphatic carbocycles. The molecule has 2 aliphatic heterocycles. The number of fused-ring (bicyclic) bond motifs is 1. The average Bonchev–Trinajstić information content (AvgIpc) is 3.13. The van der Waals surface area contributed by atoms with Crippen LogP contribution in [0.3, 0.4) is 0 Å². The van der Waals surface area contributed by atoms with E-state index in [2.05, 4.69) is 79.3 Å². The second-order valence-electron chi connectivity index (χ2n) is 9.33. The van der Waals surface area contributed by atoms with Gasteiger partial charge in [0.15, 0.2) is 0 Å². The van der Waals surface area contributed by atoms with Crippen LogP contribution in [-0.4, -0.2) is 18.8 Å². The number of benzene rings is 2. The van der Waals surface area contributed by atoms with Gasteiger partial charge in [-0.2, -0.15) is 5.10 Å². The van der Waals surface area contributed by atoms with Crippen molar-refractivity contribution in [2.24, 2.45) is 10.5 Å². The lowest BCUT2D eigenvalue weighted by atomic mass is 9.78. The Balaban J connectivity index is 1.68. The predicted octanol–water partition coefficient (Wildman–Crippen LogP) is 4.69. The molecule has 0 spiro atoms. The van der Waals surface area contributed by atoms with Gasteiger partial charge < -0.3 is 4.90 Å². The summed E-state index contributed by atoms with van der Waals surface area (Å²) in [6.07, 6.45) is 6.37. The number of piperidine rings is 1. The Morgan fingerprint density at radius 3 is 2.21 bits per heavy atom. The average molecular weight is 405 g/mol. The number of hydrogen-bond donors (Lipinski definition) is 1. The Labute approximate surface area is 175 Å². The third-order valence-corrected chi connectivity index (χ3v) is 8.79. The van der Waals surface area contributed by atoms with E-state index in [0.29, 0.717) is 0 Å². The van der Waals surface area contributed by atoms with E-state index in [1.165, 1.54) is 55.5 Å². The van der Waals surface area contributed by atoms with Gasteiger partial charge in [0.2, 0.25) is 0 Å². The number of hydrazone groups is 1. The minimum absolute atomic E-state index is 0.284. The van der Waals surface area contributed by atoms with E-state index in [1.807, 2.05) is 0 Å². The lowest BCUT2D eigenvalue weighted by Gasteiger charge is -2.37. The van der Waals surface area contributed by atoms with Crippen LogP contribution in [0.25, 0.3) is 0 Å². The van der Waals surface area contributed by atoms with Crippen molar-refractivity contribution in [2.45, 2.75) is 46.0 Å². The van der Waals surface area contributed by atoms with Crippen molar-refractivity contribution in [3.63, 3.8) is 0 Å². The van der Waals surface area contributed by atoms with Crippen molar-refractivity contribution in [2.75, 3.05) is 17.9 Å². The van der Waals surface area contributed by atoms with E-state index in [0.717, 1.165) is 6.42 Å². The van der Waals surface area contributed by atoms with Gasteiger partial charge in [-0.1, -0.05) is 62.4 Å². The molecule has 1 fully saturated rings. The van der Waals surface area contributed by atoms with Crippen LogP contribution in [0.1, 0.15) is 46.0 Å². The van der Waals surface area contributed by atoms with Crippen molar-refractivity contribution < 1.29 is 4.90 Å². The van der Waals surface area contributed by atoms with Crippen LogP contribution >= 0.6 is 8.07 Å². The lowest BCUT2D eigenvalue weighted by molar-refractivity contribution is -0.868. The number of allylic oxidation sites excluding steroid dienone is 2. The molecule has 3 nitrogen and oxygen atoms in total. The van der Waals surface area contributed by atoms with E-state index in [4.69, 9.17) is 5.10 Å². The largest absolute Gasteiger partial charge is 0.305 e. The van der Waals surface area contributed by atoms with E-state index >= 15 is 0 Å². The molecule has 0 aromatic heterocycles. The first-order valence-corrected chi connectivity index (χ1v) is 12.3. The summed E-state index contributed by atoms with van der Waals surface area (Å²) in [4.78, 5) is 1.73. The van der Waals surface area contributed by atoms with Crippen molar-refractivity contribution in [3.8, 4) is 0 Å². The molecule has 5 rings (SSSR count). The molecular formula is C25H31N3P+. The van der Waals surface area contributed by atoms with Gasteiger partial charge in [0, 0.05) is 11.7 Å². The summed E-state index contributed by atoms with van der Waals surface area (Å²) in [5.74, 6) is 0. The first kappa shape index (κ1) is 19.0. The zero-order valence-corrected chi connectivity index (χ0v) is 18.5. The van der Waals surface area contributed by atoms with Gasteiger partial charge in [-0.25, -0.2) is 4.78 Å². The molecule has 0 amide bonds. The highest BCUT2D eigenvalue weighted by Crippen LogP contribution is 2.59. The molecule has 1 unspecified atom stereocenters. The third-order valence-electron chi connectivity index (χ3n) is 6.35. The summed E-state index contributed by atoms with van der Waals surface area (Å²) in [6, 6.07) is 21.9. The Kier molecular flexibility index (Phi) is 5.05. The lowest BCUT2D eigenvalue weighted by Crippen LogP contribution is -3.11. The summed E-state index contributed by atoms with van der Waals surface area (Å²) < 4.78 is 2.35. The smallest absolute Gasteiger partial charge is 0.120 e. The number of quaternary nitrogens is 1. The highest BCUT2D eigenvalue weighted by Gasteiger charge is 2.46. The molecular weight excluding hydrogens is 373 g/mol. The minimum atomic E-state index is -0.654. The fourth-order valence-electron chi connectivity index (χ4n) is 5.04. The molecule has 0 saturated carbocycles. The molecule has 2 aromatic rings. The zero-order valence-electron chi connectivity index (χ0n) is 17.6. The monoisotopic (exact) mass is 404 g/mol. The molecule has 0 bridgehead atoms. The fourth-order valence-corrected chi connectivity index (χ4v) is 7.58. The zero-order chi connectivity index (χ0) is 19.8. The number of nitrogens with one attached hydrogen (secondary N) is 1. The van der Waals surface area contributed by atoms with Crippen molar-refractivity contribution in [1.29, 1.82) is 0 Å². The number of para-hydroxylation sites is 1. The number of anilines is 1. The summed E-state index contributed by atoms with van der Waals surface area (Å²) in [5.41, 5.74) is 4.50. The van der Waals surface area contributed by atoms with Crippen LogP contribution in [0.15, 0.2) is 76.8 Å². The SMILES string of the molecule is CC1(C)CC2=NN(c3ccccc3)P(c3ccccc3)C2=C([NH+]2CCCCC2)C1. The van der Waals surface area contributed by atoms with Crippen molar-refractivity contribution in [3.05, 3.63) is 71.7 Å². The molecule has 0 radical (unpaired) electrons. The second kappa shape index (κ2) is 7.70. The summed E-state index contributed by atoms with van der Waals surface area (Å²) in [7, 11) is -0.654. The van der Waals surface area contributed by atoms with Crippen LogP contribution in [0, 0.1) is 5.41 Å². The maximum absolute atomic E-state index is 5.29. The molecule has 29 heavy (non-hydrogen) atoms. The topological polar surface area (TPSA) is 20.0 Å². The Morgan fingerprint density at radius 1 is 0.862 bits per heavy atom. The molecule has 1 N–H and O–H groups in total. The maximum Gasteiger partial charge on any atom is 0.120 e. The van der Waals surface area contributed by atoms with Gasteiger partial charge in [-0.3, -0.25) is 0 Å². The Bertz CT molecular complexity index is 927. The van der Waals surface area contributed by atoms with Crippen LogP contribution < -0.4 is 15.0 Å². The van der Waals surface area contributed by atoms with Gasteiger partial charge in [0.1, 0.15) is 5.70 Å². The second-order valence-corrected chi connectivity index (χ2v) is 11.3. The van der Waals surface area contributed by atoms with Crippen LogP contribution in [0.5, 0.6) is 0 Å². The summed E-state index contributed by atoms with van der Waals surface area (Å²) in [6.45, 7) is 7.41. The first-order chi connectivity index (χ1) is 14.1. The number of nitrogens with zero attached hydrogens (tertiary/aromatic N) is 2. The van der Waals surface area contributed by atoms with Crippen molar-refractivity contribution >= 4 is 24.8 Å². The molecule has 4 heteroatoms. The standard InChI is InChI=1S/C25H30N3P/c1-25(2)18-22-24(23(19-25)27-16-10-5-11-17-27)29(21-14-8-4-9-15-21)28(26-22)20-12-6-3-7-13-20/h3-4,6-9,12-15H,5,10-11,16-19H2,1-2H3/p+1. The molecule has 1 atom stereocenters. The fraction of sp³-hybridized carbons (Fsp3) is 0.400. The van der Waals surface area contributed by atoms with E-state index in [9.17, 15) is 0 Å².